The highest BCUT2D eigenvalue weighted by Gasteiger charge is 2.33. The van der Waals surface area contributed by atoms with Crippen LogP contribution in [0.3, 0.4) is 0 Å². The number of benzene rings is 2. The minimum atomic E-state index is -0.451. The lowest BCUT2D eigenvalue weighted by atomic mass is 9.94. The van der Waals surface area contributed by atoms with Crippen LogP contribution in [0.2, 0.25) is 0 Å². The molecule has 1 heterocycles. The second-order valence-electron chi connectivity index (χ2n) is 7.36. The fourth-order valence-corrected chi connectivity index (χ4v) is 3.71. The number of nitrogens with zero attached hydrogens (tertiary/aromatic N) is 1. The third kappa shape index (κ3) is 4.55. The molecule has 1 aliphatic rings. The highest BCUT2D eigenvalue weighted by Crippen LogP contribution is 2.29. The maximum atomic E-state index is 13.3. The van der Waals surface area contributed by atoms with Crippen LogP contribution >= 0.6 is 0 Å². The van der Waals surface area contributed by atoms with E-state index in [9.17, 15) is 9.59 Å². The molecule has 2 amide bonds. The second kappa shape index (κ2) is 8.35. The van der Waals surface area contributed by atoms with E-state index < -0.39 is 6.04 Å². The molecule has 1 fully saturated rings. The number of likely N-dealkylation sites (tertiary alicyclic amines) is 1. The number of primary amides is 1. The average Bonchev–Trinajstić information content (AvgIpc) is 2.66. The lowest BCUT2D eigenvalue weighted by Gasteiger charge is -2.36. The first-order valence-electron chi connectivity index (χ1n) is 9.42. The molecule has 27 heavy (non-hydrogen) atoms. The molecule has 5 nitrogen and oxygen atoms in total. The summed E-state index contributed by atoms with van der Waals surface area (Å²) in [6.07, 6.45) is 1.64. The largest absolute Gasteiger partial charge is 0.369 e. The number of hydrogen-bond donors (Lipinski definition) is 2. The second-order valence-corrected chi connectivity index (χ2v) is 7.36. The van der Waals surface area contributed by atoms with Crippen molar-refractivity contribution in [2.75, 3.05) is 18.4 Å². The molecule has 0 aliphatic carbocycles. The normalized spacial score (nSPS) is 18.7. The number of nitrogens with one attached hydrogen (secondary N) is 1. The first-order valence-corrected chi connectivity index (χ1v) is 9.42. The van der Waals surface area contributed by atoms with Crippen molar-refractivity contribution in [1.82, 2.24) is 4.90 Å². The lowest BCUT2D eigenvalue weighted by Crippen LogP contribution is -2.46. The van der Waals surface area contributed by atoms with Gasteiger partial charge in [-0.1, -0.05) is 42.5 Å². The monoisotopic (exact) mass is 365 g/mol. The number of aryl methyl sites for hydroxylation is 2. The minimum Gasteiger partial charge on any atom is -0.369 e. The van der Waals surface area contributed by atoms with Crippen molar-refractivity contribution in [2.24, 2.45) is 11.7 Å². The quantitative estimate of drug-likeness (QED) is 0.854. The van der Waals surface area contributed by atoms with Crippen LogP contribution in [0.5, 0.6) is 0 Å². The van der Waals surface area contributed by atoms with E-state index in [0.29, 0.717) is 6.54 Å². The van der Waals surface area contributed by atoms with Gasteiger partial charge in [0, 0.05) is 12.2 Å². The molecule has 1 saturated heterocycles. The topological polar surface area (TPSA) is 75.4 Å². The Kier molecular flexibility index (Phi) is 5.91. The molecule has 0 spiro atoms. The van der Waals surface area contributed by atoms with Crippen LogP contribution in [0.25, 0.3) is 0 Å². The van der Waals surface area contributed by atoms with E-state index in [2.05, 4.69) is 10.2 Å². The molecular weight excluding hydrogens is 338 g/mol. The van der Waals surface area contributed by atoms with E-state index in [1.165, 1.54) is 0 Å². The summed E-state index contributed by atoms with van der Waals surface area (Å²) in [5.74, 6) is -0.583. The Balaban J connectivity index is 1.89. The van der Waals surface area contributed by atoms with Crippen molar-refractivity contribution in [1.29, 1.82) is 0 Å². The van der Waals surface area contributed by atoms with Gasteiger partial charge in [0.25, 0.3) is 0 Å². The van der Waals surface area contributed by atoms with E-state index in [0.717, 1.165) is 41.8 Å². The summed E-state index contributed by atoms with van der Waals surface area (Å²) < 4.78 is 0. The average molecular weight is 365 g/mol. The Labute approximate surface area is 160 Å². The van der Waals surface area contributed by atoms with Crippen LogP contribution < -0.4 is 11.1 Å². The van der Waals surface area contributed by atoms with E-state index >= 15 is 0 Å². The first-order chi connectivity index (χ1) is 13.0. The number of piperidine rings is 1. The lowest BCUT2D eigenvalue weighted by molar-refractivity contribution is -0.127. The maximum absolute atomic E-state index is 13.3. The van der Waals surface area contributed by atoms with Crippen molar-refractivity contribution in [2.45, 2.75) is 32.7 Å². The zero-order valence-corrected chi connectivity index (χ0v) is 15.9. The highest BCUT2D eigenvalue weighted by molar-refractivity contribution is 5.96. The number of rotatable bonds is 5. The van der Waals surface area contributed by atoms with Gasteiger partial charge >= 0.3 is 0 Å². The Morgan fingerprint density at radius 1 is 1.15 bits per heavy atom. The predicted molar refractivity (Wildman–Crippen MR) is 107 cm³/mol. The summed E-state index contributed by atoms with van der Waals surface area (Å²) in [6, 6.07) is 15.3. The molecular formula is C22H27N3O2. The SMILES string of the molecule is Cc1ccc(C)c(NC(=O)[C@H](c2ccccc2)N2CCC[C@H](C(N)=O)C2)c1. The summed E-state index contributed by atoms with van der Waals surface area (Å²) in [4.78, 5) is 27.1. The van der Waals surface area contributed by atoms with Crippen LogP contribution in [-0.4, -0.2) is 29.8 Å². The van der Waals surface area contributed by atoms with Gasteiger partial charge in [0.05, 0.1) is 5.92 Å². The smallest absolute Gasteiger partial charge is 0.246 e. The van der Waals surface area contributed by atoms with Crippen LogP contribution in [0.15, 0.2) is 48.5 Å². The minimum absolute atomic E-state index is 0.0833. The van der Waals surface area contributed by atoms with Crippen molar-refractivity contribution < 1.29 is 9.59 Å². The van der Waals surface area contributed by atoms with Crippen LogP contribution in [-0.2, 0) is 9.59 Å². The Morgan fingerprint density at radius 3 is 2.59 bits per heavy atom. The molecule has 0 radical (unpaired) electrons. The van der Waals surface area contributed by atoms with Crippen LogP contribution in [0.4, 0.5) is 5.69 Å². The van der Waals surface area contributed by atoms with Gasteiger partial charge in [-0.15, -0.1) is 0 Å². The Bertz CT molecular complexity index is 820. The highest BCUT2D eigenvalue weighted by atomic mass is 16.2. The molecule has 142 valence electrons. The number of anilines is 1. The summed E-state index contributed by atoms with van der Waals surface area (Å²) >= 11 is 0. The number of amides is 2. The third-order valence-corrected chi connectivity index (χ3v) is 5.23. The molecule has 2 aromatic carbocycles. The fourth-order valence-electron chi connectivity index (χ4n) is 3.71. The molecule has 0 unspecified atom stereocenters. The van der Waals surface area contributed by atoms with E-state index in [1.807, 2.05) is 62.4 Å². The summed E-state index contributed by atoms with van der Waals surface area (Å²) in [7, 11) is 0. The number of nitrogens with two attached hydrogens (primary N) is 1. The van der Waals surface area contributed by atoms with Crippen molar-refractivity contribution in [3.05, 3.63) is 65.2 Å². The summed E-state index contributed by atoms with van der Waals surface area (Å²) in [5.41, 5.74) is 9.40. The number of carbonyl (C=O) groups is 2. The van der Waals surface area contributed by atoms with Gasteiger partial charge in [0.1, 0.15) is 6.04 Å². The zero-order chi connectivity index (χ0) is 19.4. The van der Waals surface area contributed by atoms with Crippen molar-refractivity contribution in [3.8, 4) is 0 Å². The molecule has 5 heteroatoms. The zero-order valence-electron chi connectivity index (χ0n) is 15.9. The molecule has 2 aromatic rings. The molecule has 0 saturated carbocycles. The summed E-state index contributed by atoms with van der Waals surface area (Å²) in [6.45, 7) is 5.27. The van der Waals surface area contributed by atoms with Gasteiger partial charge < -0.3 is 11.1 Å². The third-order valence-electron chi connectivity index (χ3n) is 5.23. The van der Waals surface area contributed by atoms with E-state index in [1.54, 1.807) is 0 Å². The first kappa shape index (κ1) is 19.1. The van der Waals surface area contributed by atoms with E-state index in [-0.39, 0.29) is 17.7 Å². The van der Waals surface area contributed by atoms with Gasteiger partial charge in [-0.2, -0.15) is 0 Å². The van der Waals surface area contributed by atoms with Crippen molar-refractivity contribution in [3.63, 3.8) is 0 Å². The molecule has 3 rings (SSSR count). The van der Waals surface area contributed by atoms with Crippen LogP contribution in [0, 0.1) is 19.8 Å². The van der Waals surface area contributed by atoms with Gasteiger partial charge in [-0.3, -0.25) is 14.5 Å². The van der Waals surface area contributed by atoms with E-state index in [4.69, 9.17) is 5.73 Å². The molecule has 0 aromatic heterocycles. The van der Waals surface area contributed by atoms with Crippen LogP contribution in [0.1, 0.15) is 35.6 Å². The van der Waals surface area contributed by atoms with Gasteiger partial charge in [0.15, 0.2) is 0 Å². The molecule has 0 bridgehead atoms. The van der Waals surface area contributed by atoms with Gasteiger partial charge in [0.2, 0.25) is 11.8 Å². The van der Waals surface area contributed by atoms with Crippen molar-refractivity contribution >= 4 is 17.5 Å². The van der Waals surface area contributed by atoms with Gasteiger partial charge in [-0.05, 0) is 56.0 Å². The Morgan fingerprint density at radius 2 is 1.89 bits per heavy atom. The Hall–Kier alpha value is -2.66. The predicted octanol–water partition coefficient (Wildman–Crippen LogP) is 3.18. The number of hydrogen-bond acceptors (Lipinski definition) is 3. The molecule has 2 atom stereocenters. The molecule has 3 N–H and O–H groups in total. The maximum Gasteiger partial charge on any atom is 0.246 e. The van der Waals surface area contributed by atoms with Gasteiger partial charge in [-0.25, -0.2) is 0 Å². The number of carbonyl (C=O) groups excluding carboxylic acids is 2. The fraction of sp³-hybridized carbons (Fsp3) is 0.364. The standard InChI is InChI=1S/C22H27N3O2/c1-15-10-11-16(2)19(13-15)24-22(27)20(17-7-4-3-5-8-17)25-12-6-9-18(14-25)21(23)26/h3-5,7-8,10-11,13,18,20H,6,9,12,14H2,1-2H3,(H2,23,26)(H,24,27)/t18-,20-/m0/s1. The summed E-state index contributed by atoms with van der Waals surface area (Å²) in [5, 5.41) is 3.09. The molecule has 1 aliphatic heterocycles.